The van der Waals surface area contributed by atoms with Crippen LogP contribution < -0.4 is 10.1 Å². The van der Waals surface area contributed by atoms with Crippen molar-refractivity contribution in [2.75, 3.05) is 18.5 Å². The Morgan fingerprint density at radius 1 is 0.952 bits per heavy atom. The highest BCUT2D eigenvalue weighted by Crippen LogP contribution is 2.22. The topological polar surface area (TPSA) is 21.3 Å². The van der Waals surface area contributed by atoms with E-state index in [1.165, 1.54) is 16.7 Å². The largest absolute Gasteiger partial charge is 0.492 e. The molecule has 1 N–H and O–H groups in total. The lowest BCUT2D eigenvalue weighted by molar-refractivity contribution is 0.332. The van der Waals surface area contributed by atoms with Crippen LogP contribution in [0.3, 0.4) is 0 Å². The summed E-state index contributed by atoms with van der Waals surface area (Å²) < 4.78 is 5.86. The van der Waals surface area contributed by atoms with Crippen molar-refractivity contribution < 1.29 is 4.74 Å². The Morgan fingerprint density at radius 2 is 1.67 bits per heavy atom. The SMILES string of the molecule is Cc1ccc(NCCOc2cc(C)cc(C(C)C)c2)cc1. The molecule has 0 heterocycles. The van der Waals surface area contributed by atoms with Crippen LogP contribution in [0.4, 0.5) is 5.69 Å². The summed E-state index contributed by atoms with van der Waals surface area (Å²) in [5.41, 5.74) is 4.99. The number of hydrogen-bond acceptors (Lipinski definition) is 2. The molecule has 2 nitrogen and oxygen atoms in total. The Hall–Kier alpha value is -1.96. The van der Waals surface area contributed by atoms with Gasteiger partial charge in [-0.3, -0.25) is 0 Å². The first-order valence-electron chi connectivity index (χ1n) is 7.59. The van der Waals surface area contributed by atoms with E-state index < -0.39 is 0 Å². The Balaban J connectivity index is 1.84. The van der Waals surface area contributed by atoms with Crippen LogP contribution in [0.5, 0.6) is 5.75 Å². The molecular formula is C19H25NO. The summed E-state index contributed by atoms with van der Waals surface area (Å²) in [6.07, 6.45) is 0. The average Bonchev–Trinajstić information content (AvgIpc) is 2.45. The van der Waals surface area contributed by atoms with E-state index >= 15 is 0 Å². The van der Waals surface area contributed by atoms with Gasteiger partial charge >= 0.3 is 0 Å². The molecule has 2 heteroatoms. The average molecular weight is 283 g/mol. The molecule has 0 radical (unpaired) electrons. The first-order valence-corrected chi connectivity index (χ1v) is 7.59. The predicted molar refractivity (Wildman–Crippen MR) is 90.4 cm³/mol. The van der Waals surface area contributed by atoms with Gasteiger partial charge in [-0.2, -0.15) is 0 Å². The fourth-order valence-corrected chi connectivity index (χ4v) is 2.23. The molecule has 0 bridgehead atoms. The van der Waals surface area contributed by atoms with Crippen LogP contribution >= 0.6 is 0 Å². The summed E-state index contributed by atoms with van der Waals surface area (Å²) >= 11 is 0. The molecule has 112 valence electrons. The van der Waals surface area contributed by atoms with Crippen LogP contribution in [0.25, 0.3) is 0 Å². The van der Waals surface area contributed by atoms with Gasteiger partial charge in [0.2, 0.25) is 0 Å². The number of ether oxygens (including phenoxy) is 1. The number of benzene rings is 2. The first-order chi connectivity index (χ1) is 10.0. The molecule has 0 aliphatic heterocycles. The van der Waals surface area contributed by atoms with E-state index in [4.69, 9.17) is 4.74 Å². The van der Waals surface area contributed by atoms with Crippen molar-refractivity contribution in [2.24, 2.45) is 0 Å². The monoisotopic (exact) mass is 283 g/mol. The van der Waals surface area contributed by atoms with Gasteiger partial charge in [-0.25, -0.2) is 0 Å². The molecule has 0 amide bonds. The van der Waals surface area contributed by atoms with Crippen LogP contribution in [0.2, 0.25) is 0 Å². The van der Waals surface area contributed by atoms with Crippen LogP contribution in [0.15, 0.2) is 42.5 Å². The van der Waals surface area contributed by atoms with Crippen molar-refractivity contribution >= 4 is 5.69 Å². The van der Waals surface area contributed by atoms with Crippen molar-refractivity contribution in [3.05, 3.63) is 59.2 Å². The highest BCUT2D eigenvalue weighted by atomic mass is 16.5. The number of nitrogens with one attached hydrogen (secondary N) is 1. The van der Waals surface area contributed by atoms with Crippen LogP contribution in [0, 0.1) is 13.8 Å². The summed E-state index contributed by atoms with van der Waals surface area (Å²) in [6.45, 7) is 10.1. The Kier molecular flexibility index (Phi) is 5.26. The van der Waals surface area contributed by atoms with Crippen LogP contribution in [-0.4, -0.2) is 13.2 Å². The van der Waals surface area contributed by atoms with Crippen molar-refractivity contribution in [1.82, 2.24) is 0 Å². The van der Waals surface area contributed by atoms with Gasteiger partial charge in [-0.15, -0.1) is 0 Å². The van der Waals surface area contributed by atoms with Crippen LogP contribution in [0.1, 0.15) is 36.5 Å². The standard InChI is InChI=1S/C19H25NO/c1-14(2)17-11-16(4)12-19(13-17)21-10-9-20-18-7-5-15(3)6-8-18/h5-8,11-14,20H,9-10H2,1-4H3. The van der Waals surface area contributed by atoms with Gasteiger partial charge in [0.05, 0.1) is 0 Å². The lowest BCUT2D eigenvalue weighted by atomic mass is 10.0. The van der Waals surface area contributed by atoms with Crippen molar-refractivity contribution in [1.29, 1.82) is 0 Å². The van der Waals surface area contributed by atoms with Gasteiger partial charge in [0.25, 0.3) is 0 Å². The van der Waals surface area contributed by atoms with E-state index in [1.54, 1.807) is 0 Å². The number of rotatable bonds is 6. The lowest BCUT2D eigenvalue weighted by Gasteiger charge is -2.12. The molecule has 2 aromatic rings. The van der Waals surface area contributed by atoms with E-state index in [-0.39, 0.29) is 0 Å². The maximum absolute atomic E-state index is 5.86. The minimum Gasteiger partial charge on any atom is -0.492 e. The van der Waals surface area contributed by atoms with Gasteiger partial charge in [0.15, 0.2) is 0 Å². The molecule has 0 aromatic heterocycles. The number of anilines is 1. The van der Waals surface area contributed by atoms with E-state index in [1.807, 2.05) is 0 Å². The summed E-state index contributed by atoms with van der Waals surface area (Å²) in [4.78, 5) is 0. The van der Waals surface area contributed by atoms with Crippen LogP contribution in [-0.2, 0) is 0 Å². The van der Waals surface area contributed by atoms with E-state index in [0.29, 0.717) is 12.5 Å². The lowest BCUT2D eigenvalue weighted by Crippen LogP contribution is -2.11. The zero-order valence-corrected chi connectivity index (χ0v) is 13.4. The minimum atomic E-state index is 0.526. The summed E-state index contributed by atoms with van der Waals surface area (Å²) in [5.74, 6) is 1.49. The third-order valence-electron chi connectivity index (χ3n) is 3.49. The summed E-state index contributed by atoms with van der Waals surface area (Å²) in [5, 5.41) is 3.37. The molecule has 2 rings (SSSR count). The molecular weight excluding hydrogens is 258 g/mol. The second kappa shape index (κ2) is 7.16. The molecule has 0 aliphatic rings. The van der Waals surface area contributed by atoms with Gasteiger partial charge in [-0.1, -0.05) is 37.6 Å². The Bertz CT molecular complexity index is 573. The molecule has 21 heavy (non-hydrogen) atoms. The maximum Gasteiger partial charge on any atom is 0.119 e. The first kappa shape index (κ1) is 15.4. The molecule has 0 aliphatic carbocycles. The normalized spacial score (nSPS) is 10.7. The molecule has 0 spiro atoms. The van der Waals surface area contributed by atoms with E-state index in [9.17, 15) is 0 Å². The fraction of sp³-hybridized carbons (Fsp3) is 0.368. The van der Waals surface area contributed by atoms with Gasteiger partial charge in [0, 0.05) is 12.2 Å². The van der Waals surface area contributed by atoms with E-state index in [2.05, 4.69) is 75.5 Å². The molecule has 0 atom stereocenters. The van der Waals surface area contributed by atoms with E-state index in [0.717, 1.165) is 18.0 Å². The molecule has 0 fully saturated rings. The minimum absolute atomic E-state index is 0.526. The van der Waals surface area contributed by atoms with Gasteiger partial charge < -0.3 is 10.1 Å². The van der Waals surface area contributed by atoms with Gasteiger partial charge in [0.1, 0.15) is 12.4 Å². The van der Waals surface area contributed by atoms with Crippen molar-refractivity contribution in [3.8, 4) is 5.75 Å². The highest BCUT2D eigenvalue weighted by Gasteiger charge is 2.03. The second-order valence-electron chi connectivity index (χ2n) is 5.88. The fourth-order valence-electron chi connectivity index (χ4n) is 2.23. The van der Waals surface area contributed by atoms with Crippen molar-refractivity contribution in [2.45, 2.75) is 33.6 Å². The molecule has 0 saturated carbocycles. The van der Waals surface area contributed by atoms with Gasteiger partial charge in [-0.05, 0) is 55.2 Å². The highest BCUT2D eigenvalue weighted by molar-refractivity contribution is 5.44. The smallest absolute Gasteiger partial charge is 0.119 e. The van der Waals surface area contributed by atoms with Crippen molar-refractivity contribution in [3.63, 3.8) is 0 Å². The quantitative estimate of drug-likeness (QED) is 0.760. The zero-order valence-electron chi connectivity index (χ0n) is 13.4. The summed E-state index contributed by atoms with van der Waals surface area (Å²) in [6, 6.07) is 14.9. The Labute approximate surface area is 128 Å². The number of aryl methyl sites for hydroxylation is 2. The predicted octanol–water partition coefficient (Wildman–Crippen LogP) is 4.92. The zero-order chi connectivity index (χ0) is 15.2. The molecule has 0 unspecified atom stereocenters. The second-order valence-corrected chi connectivity index (χ2v) is 5.88. The molecule has 2 aromatic carbocycles. The Morgan fingerprint density at radius 3 is 2.33 bits per heavy atom. The number of hydrogen-bond donors (Lipinski definition) is 1. The third kappa shape index (κ3) is 4.82. The maximum atomic E-state index is 5.86. The third-order valence-corrected chi connectivity index (χ3v) is 3.49. The molecule has 0 saturated heterocycles. The summed E-state index contributed by atoms with van der Waals surface area (Å²) in [7, 11) is 0.